The van der Waals surface area contributed by atoms with Gasteiger partial charge in [-0.05, 0) is 17.7 Å². The van der Waals surface area contributed by atoms with Crippen molar-refractivity contribution in [2.45, 2.75) is 6.10 Å². The normalized spacial score (nSPS) is 24.5. The standard InChI is InChI=1S/C16H22Cl2N2O2/c17-14-2-1-13(11-15(14)18)16-12-20(7-10-22-16)4-3-19-5-8-21-9-6-19/h1-2,11,16H,3-10,12H2. The molecule has 2 fully saturated rings. The number of rotatable bonds is 4. The van der Waals surface area contributed by atoms with Gasteiger partial charge in [-0.15, -0.1) is 0 Å². The molecule has 122 valence electrons. The van der Waals surface area contributed by atoms with Gasteiger partial charge in [0.05, 0.1) is 36.0 Å². The molecule has 0 aromatic heterocycles. The molecule has 22 heavy (non-hydrogen) atoms. The quantitative estimate of drug-likeness (QED) is 0.838. The van der Waals surface area contributed by atoms with Crippen LogP contribution in [0.15, 0.2) is 18.2 Å². The van der Waals surface area contributed by atoms with Crippen molar-refractivity contribution in [2.75, 3.05) is 59.1 Å². The third-order valence-electron chi connectivity index (χ3n) is 4.30. The van der Waals surface area contributed by atoms with E-state index in [0.717, 1.165) is 64.7 Å². The number of ether oxygens (including phenoxy) is 2. The summed E-state index contributed by atoms with van der Waals surface area (Å²) in [5.41, 5.74) is 1.10. The lowest BCUT2D eigenvalue weighted by atomic mass is 10.1. The lowest BCUT2D eigenvalue weighted by Crippen LogP contribution is -2.45. The van der Waals surface area contributed by atoms with Gasteiger partial charge in [0.1, 0.15) is 0 Å². The van der Waals surface area contributed by atoms with Crippen LogP contribution in [0.3, 0.4) is 0 Å². The van der Waals surface area contributed by atoms with Crippen molar-refractivity contribution in [2.24, 2.45) is 0 Å². The summed E-state index contributed by atoms with van der Waals surface area (Å²) in [5, 5.41) is 1.18. The zero-order valence-electron chi connectivity index (χ0n) is 12.6. The Morgan fingerprint density at radius 1 is 0.955 bits per heavy atom. The van der Waals surface area contributed by atoms with Crippen molar-refractivity contribution in [1.82, 2.24) is 9.80 Å². The maximum absolute atomic E-state index is 6.11. The van der Waals surface area contributed by atoms with Gasteiger partial charge in [0.15, 0.2) is 0 Å². The molecular formula is C16H22Cl2N2O2. The van der Waals surface area contributed by atoms with Crippen LogP contribution in [0.4, 0.5) is 0 Å². The van der Waals surface area contributed by atoms with E-state index in [1.54, 1.807) is 0 Å². The van der Waals surface area contributed by atoms with Crippen LogP contribution in [0.1, 0.15) is 11.7 Å². The van der Waals surface area contributed by atoms with E-state index in [2.05, 4.69) is 9.80 Å². The highest BCUT2D eigenvalue weighted by molar-refractivity contribution is 6.42. The van der Waals surface area contributed by atoms with Crippen LogP contribution < -0.4 is 0 Å². The number of halogens is 2. The molecule has 2 aliphatic heterocycles. The largest absolute Gasteiger partial charge is 0.379 e. The van der Waals surface area contributed by atoms with Crippen LogP contribution in [-0.2, 0) is 9.47 Å². The van der Waals surface area contributed by atoms with Crippen LogP contribution in [0, 0.1) is 0 Å². The van der Waals surface area contributed by atoms with Crippen molar-refractivity contribution in [3.63, 3.8) is 0 Å². The predicted octanol–water partition coefficient (Wildman–Crippen LogP) is 2.70. The van der Waals surface area contributed by atoms with Gasteiger partial charge in [0, 0.05) is 39.3 Å². The van der Waals surface area contributed by atoms with Crippen LogP contribution >= 0.6 is 23.2 Å². The fraction of sp³-hybridized carbons (Fsp3) is 0.625. The van der Waals surface area contributed by atoms with E-state index in [9.17, 15) is 0 Å². The van der Waals surface area contributed by atoms with E-state index >= 15 is 0 Å². The molecule has 2 heterocycles. The second kappa shape index (κ2) is 7.95. The molecule has 0 amide bonds. The molecule has 0 spiro atoms. The van der Waals surface area contributed by atoms with Gasteiger partial charge >= 0.3 is 0 Å². The highest BCUT2D eigenvalue weighted by Gasteiger charge is 2.23. The maximum Gasteiger partial charge on any atom is 0.0952 e. The molecule has 2 aliphatic rings. The van der Waals surface area contributed by atoms with Crippen molar-refractivity contribution < 1.29 is 9.47 Å². The Balaban J connectivity index is 1.53. The summed E-state index contributed by atoms with van der Waals surface area (Å²) in [4.78, 5) is 4.93. The molecular weight excluding hydrogens is 323 g/mol. The lowest BCUT2D eigenvalue weighted by molar-refractivity contribution is -0.0356. The van der Waals surface area contributed by atoms with Crippen molar-refractivity contribution in [3.8, 4) is 0 Å². The highest BCUT2D eigenvalue weighted by atomic mass is 35.5. The Bertz CT molecular complexity index is 495. The summed E-state index contributed by atoms with van der Waals surface area (Å²) in [6.45, 7) is 8.61. The van der Waals surface area contributed by atoms with Gasteiger partial charge < -0.3 is 9.47 Å². The van der Waals surface area contributed by atoms with Gasteiger partial charge in [-0.1, -0.05) is 29.3 Å². The second-order valence-corrected chi connectivity index (χ2v) is 6.60. The molecule has 1 aromatic carbocycles. The minimum atomic E-state index is 0.0770. The molecule has 0 saturated carbocycles. The van der Waals surface area contributed by atoms with E-state index in [1.807, 2.05) is 18.2 Å². The van der Waals surface area contributed by atoms with Crippen LogP contribution in [0.2, 0.25) is 10.0 Å². The van der Waals surface area contributed by atoms with E-state index in [4.69, 9.17) is 32.7 Å². The average Bonchev–Trinajstić information content (AvgIpc) is 2.57. The molecule has 0 N–H and O–H groups in total. The number of morpholine rings is 2. The molecule has 1 aromatic rings. The Morgan fingerprint density at radius 3 is 2.45 bits per heavy atom. The summed E-state index contributed by atoms with van der Waals surface area (Å²) in [6, 6.07) is 5.76. The first-order chi connectivity index (χ1) is 10.7. The molecule has 1 unspecified atom stereocenters. The Kier molecular flexibility index (Phi) is 5.96. The third kappa shape index (κ3) is 4.34. The fourth-order valence-corrected chi connectivity index (χ4v) is 3.23. The summed E-state index contributed by atoms with van der Waals surface area (Å²) in [6.07, 6.45) is 0.0770. The van der Waals surface area contributed by atoms with E-state index < -0.39 is 0 Å². The SMILES string of the molecule is Clc1ccc(C2CN(CCN3CCOCC3)CCO2)cc1Cl. The zero-order chi connectivity index (χ0) is 15.4. The second-order valence-electron chi connectivity index (χ2n) is 5.79. The predicted molar refractivity (Wildman–Crippen MR) is 88.9 cm³/mol. The molecule has 0 bridgehead atoms. The lowest BCUT2D eigenvalue weighted by Gasteiger charge is -2.35. The smallest absolute Gasteiger partial charge is 0.0952 e. The van der Waals surface area contributed by atoms with Crippen molar-refractivity contribution >= 4 is 23.2 Å². The minimum absolute atomic E-state index is 0.0770. The van der Waals surface area contributed by atoms with E-state index in [1.165, 1.54) is 0 Å². The average molecular weight is 345 g/mol. The van der Waals surface area contributed by atoms with Gasteiger partial charge in [-0.3, -0.25) is 9.80 Å². The summed E-state index contributed by atoms with van der Waals surface area (Å²) in [5.74, 6) is 0. The summed E-state index contributed by atoms with van der Waals surface area (Å²) in [7, 11) is 0. The summed E-state index contributed by atoms with van der Waals surface area (Å²) >= 11 is 12.1. The van der Waals surface area contributed by atoms with Crippen molar-refractivity contribution in [3.05, 3.63) is 33.8 Å². The monoisotopic (exact) mass is 344 g/mol. The van der Waals surface area contributed by atoms with Crippen LogP contribution in [0.5, 0.6) is 0 Å². The number of benzene rings is 1. The molecule has 0 aliphatic carbocycles. The van der Waals surface area contributed by atoms with E-state index in [-0.39, 0.29) is 6.10 Å². The Hall–Kier alpha value is -0.360. The van der Waals surface area contributed by atoms with Crippen LogP contribution in [-0.4, -0.2) is 68.9 Å². The Morgan fingerprint density at radius 2 is 1.68 bits per heavy atom. The van der Waals surface area contributed by atoms with Crippen molar-refractivity contribution in [1.29, 1.82) is 0 Å². The number of hydrogen-bond donors (Lipinski definition) is 0. The fourth-order valence-electron chi connectivity index (χ4n) is 2.93. The first-order valence-corrected chi connectivity index (χ1v) is 8.57. The zero-order valence-corrected chi connectivity index (χ0v) is 14.2. The van der Waals surface area contributed by atoms with E-state index in [0.29, 0.717) is 10.0 Å². The minimum Gasteiger partial charge on any atom is -0.379 e. The highest BCUT2D eigenvalue weighted by Crippen LogP contribution is 2.28. The number of hydrogen-bond acceptors (Lipinski definition) is 4. The maximum atomic E-state index is 6.11. The molecule has 2 saturated heterocycles. The van der Waals surface area contributed by atoms with Gasteiger partial charge in [0.2, 0.25) is 0 Å². The summed E-state index contributed by atoms with van der Waals surface area (Å²) < 4.78 is 11.3. The van der Waals surface area contributed by atoms with Gasteiger partial charge in [-0.25, -0.2) is 0 Å². The molecule has 6 heteroatoms. The molecule has 3 rings (SSSR count). The molecule has 1 atom stereocenters. The molecule has 0 radical (unpaired) electrons. The first kappa shape index (κ1) is 16.5. The third-order valence-corrected chi connectivity index (χ3v) is 5.04. The topological polar surface area (TPSA) is 24.9 Å². The van der Waals surface area contributed by atoms with Gasteiger partial charge in [-0.2, -0.15) is 0 Å². The first-order valence-electron chi connectivity index (χ1n) is 7.81. The van der Waals surface area contributed by atoms with Gasteiger partial charge in [0.25, 0.3) is 0 Å². The van der Waals surface area contributed by atoms with Crippen LogP contribution in [0.25, 0.3) is 0 Å². The molecule has 4 nitrogen and oxygen atoms in total. The Labute approximate surface area is 141 Å². The number of nitrogens with zero attached hydrogens (tertiary/aromatic N) is 2.